The lowest BCUT2D eigenvalue weighted by Crippen LogP contribution is -2.24. The Labute approximate surface area is 133 Å². The summed E-state index contributed by atoms with van der Waals surface area (Å²) in [7, 11) is 1.73. The Kier molecular flexibility index (Phi) is 5.64. The molecular formula is C16H20BrNOS. The van der Waals surface area contributed by atoms with Gasteiger partial charge in [-0.3, -0.25) is 0 Å². The Morgan fingerprint density at radius 3 is 2.70 bits per heavy atom. The summed E-state index contributed by atoms with van der Waals surface area (Å²) in [6, 6.07) is 11.0. The molecule has 2 atom stereocenters. The summed E-state index contributed by atoms with van der Waals surface area (Å²) in [6.45, 7) is 4.40. The largest absolute Gasteiger partial charge is 0.496 e. The van der Waals surface area contributed by atoms with E-state index in [1.807, 2.05) is 12.1 Å². The van der Waals surface area contributed by atoms with Crippen LogP contribution in [-0.2, 0) is 0 Å². The van der Waals surface area contributed by atoms with Gasteiger partial charge in [-0.2, -0.15) is 0 Å². The summed E-state index contributed by atoms with van der Waals surface area (Å²) in [6.07, 6.45) is 1.03. The number of hydrogen-bond donors (Lipinski definition) is 1. The smallest absolute Gasteiger partial charge is 0.123 e. The third kappa shape index (κ3) is 3.62. The van der Waals surface area contributed by atoms with Crippen LogP contribution >= 0.6 is 27.3 Å². The van der Waals surface area contributed by atoms with E-state index >= 15 is 0 Å². The highest BCUT2D eigenvalue weighted by molar-refractivity contribution is 9.10. The summed E-state index contributed by atoms with van der Waals surface area (Å²) in [5, 5.41) is 5.82. The average molecular weight is 354 g/mol. The van der Waals surface area contributed by atoms with E-state index in [1.54, 1.807) is 18.4 Å². The second-order valence-corrected chi connectivity index (χ2v) is 6.62. The van der Waals surface area contributed by atoms with Crippen LogP contribution < -0.4 is 10.1 Å². The van der Waals surface area contributed by atoms with Crippen molar-refractivity contribution in [3.05, 3.63) is 50.6 Å². The zero-order valence-corrected chi connectivity index (χ0v) is 14.4. The van der Waals surface area contributed by atoms with Crippen molar-refractivity contribution in [1.82, 2.24) is 5.32 Å². The normalized spacial score (nSPS) is 14.0. The molecule has 2 nitrogen and oxygen atoms in total. The lowest BCUT2D eigenvalue weighted by molar-refractivity contribution is 0.389. The third-order valence-electron chi connectivity index (χ3n) is 3.39. The van der Waals surface area contributed by atoms with E-state index in [0.29, 0.717) is 12.1 Å². The summed E-state index contributed by atoms with van der Waals surface area (Å²) < 4.78 is 6.62. The van der Waals surface area contributed by atoms with Gasteiger partial charge < -0.3 is 10.1 Å². The molecule has 1 heterocycles. The molecule has 0 spiro atoms. The Balaban J connectivity index is 2.16. The van der Waals surface area contributed by atoms with E-state index < -0.39 is 0 Å². The molecule has 0 aliphatic heterocycles. The van der Waals surface area contributed by atoms with Crippen LogP contribution in [0.25, 0.3) is 0 Å². The minimum Gasteiger partial charge on any atom is -0.496 e. The molecule has 0 amide bonds. The van der Waals surface area contributed by atoms with Crippen molar-refractivity contribution in [3.63, 3.8) is 0 Å². The van der Waals surface area contributed by atoms with Gasteiger partial charge in [0.25, 0.3) is 0 Å². The number of nitrogens with one attached hydrogen (secondary N) is 1. The summed E-state index contributed by atoms with van der Waals surface area (Å²) >= 11 is 5.29. The van der Waals surface area contributed by atoms with Gasteiger partial charge >= 0.3 is 0 Å². The molecule has 2 rings (SSSR count). The molecule has 1 aromatic heterocycles. The van der Waals surface area contributed by atoms with Crippen LogP contribution in [0.1, 0.15) is 42.8 Å². The first-order valence-electron chi connectivity index (χ1n) is 6.78. The highest BCUT2D eigenvalue weighted by Gasteiger charge is 2.17. The van der Waals surface area contributed by atoms with Gasteiger partial charge in [0.2, 0.25) is 0 Å². The SMILES string of the molecule is CCC(NC(C)c1cc(Br)cs1)c1ccccc1OC. The fraction of sp³-hybridized carbons (Fsp3) is 0.375. The van der Waals surface area contributed by atoms with Gasteiger partial charge in [-0.05, 0) is 41.4 Å². The molecule has 1 N–H and O–H groups in total. The van der Waals surface area contributed by atoms with Crippen molar-refractivity contribution in [2.45, 2.75) is 32.4 Å². The molecule has 1 aromatic carbocycles. The first kappa shape index (κ1) is 15.5. The number of thiophene rings is 1. The quantitative estimate of drug-likeness (QED) is 0.758. The van der Waals surface area contributed by atoms with Gasteiger partial charge in [0, 0.05) is 32.4 Å². The minimum absolute atomic E-state index is 0.294. The van der Waals surface area contributed by atoms with E-state index in [9.17, 15) is 0 Å². The maximum absolute atomic E-state index is 5.47. The number of hydrogen-bond acceptors (Lipinski definition) is 3. The number of rotatable bonds is 6. The molecule has 0 saturated carbocycles. The van der Waals surface area contributed by atoms with E-state index in [-0.39, 0.29) is 0 Å². The van der Waals surface area contributed by atoms with Crippen molar-refractivity contribution in [2.75, 3.05) is 7.11 Å². The van der Waals surface area contributed by atoms with Gasteiger partial charge in [-0.15, -0.1) is 11.3 Å². The molecule has 108 valence electrons. The monoisotopic (exact) mass is 353 g/mol. The van der Waals surface area contributed by atoms with E-state index in [0.717, 1.165) is 16.6 Å². The topological polar surface area (TPSA) is 21.3 Å². The molecule has 0 saturated heterocycles. The van der Waals surface area contributed by atoms with E-state index in [1.165, 1.54) is 10.4 Å². The molecular weight excluding hydrogens is 334 g/mol. The van der Waals surface area contributed by atoms with Crippen molar-refractivity contribution >= 4 is 27.3 Å². The molecule has 0 aliphatic rings. The van der Waals surface area contributed by atoms with Crippen LogP contribution in [-0.4, -0.2) is 7.11 Å². The number of benzene rings is 1. The van der Waals surface area contributed by atoms with Crippen LogP contribution in [0.15, 0.2) is 40.2 Å². The second-order valence-electron chi connectivity index (χ2n) is 4.76. The summed E-state index contributed by atoms with van der Waals surface area (Å²) in [5.74, 6) is 0.950. The average Bonchev–Trinajstić information content (AvgIpc) is 2.91. The molecule has 0 radical (unpaired) electrons. The maximum atomic E-state index is 5.47. The standard InChI is InChI=1S/C16H20BrNOS/c1-4-14(13-7-5-6-8-15(13)19-3)18-11(2)16-9-12(17)10-20-16/h5-11,14,18H,4H2,1-3H3. The predicted molar refractivity (Wildman–Crippen MR) is 89.6 cm³/mol. The van der Waals surface area contributed by atoms with Crippen molar-refractivity contribution in [3.8, 4) is 5.75 Å². The Hall–Kier alpha value is -0.840. The zero-order chi connectivity index (χ0) is 14.5. The molecule has 0 bridgehead atoms. The van der Waals surface area contributed by atoms with Gasteiger partial charge in [0.05, 0.1) is 7.11 Å². The third-order valence-corrected chi connectivity index (χ3v) is 5.26. The minimum atomic E-state index is 0.294. The second kappa shape index (κ2) is 7.25. The van der Waals surface area contributed by atoms with Gasteiger partial charge in [-0.25, -0.2) is 0 Å². The Morgan fingerprint density at radius 1 is 1.35 bits per heavy atom. The van der Waals surface area contributed by atoms with Crippen LogP contribution in [0.5, 0.6) is 5.75 Å². The Bertz CT molecular complexity index is 555. The highest BCUT2D eigenvalue weighted by atomic mass is 79.9. The first-order chi connectivity index (χ1) is 9.65. The van der Waals surface area contributed by atoms with E-state index in [4.69, 9.17) is 4.74 Å². The van der Waals surface area contributed by atoms with E-state index in [2.05, 4.69) is 58.7 Å². The number of ether oxygens (including phenoxy) is 1. The highest BCUT2D eigenvalue weighted by Crippen LogP contribution is 2.31. The fourth-order valence-electron chi connectivity index (χ4n) is 2.32. The van der Waals surface area contributed by atoms with Gasteiger partial charge in [-0.1, -0.05) is 25.1 Å². The van der Waals surface area contributed by atoms with Crippen LogP contribution in [0.2, 0.25) is 0 Å². The molecule has 2 aromatic rings. The van der Waals surface area contributed by atoms with Crippen LogP contribution in [0.3, 0.4) is 0 Å². The number of methoxy groups -OCH3 is 1. The van der Waals surface area contributed by atoms with Crippen LogP contribution in [0, 0.1) is 0 Å². The van der Waals surface area contributed by atoms with Gasteiger partial charge in [0.15, 0.2) is 0 Å². The lowest BCUT2D eigenvalue weighted by atomic mass is 10.0. The van der Waals surface area contributed by atoms with Gasteiger partial charge in [0.1, 0.15) is 5.75 Å². The van der Waals surface area contributed by atoms with Crippen LogP contribution in [0.4, 0.5) is 0 Å². The predicted octanol–water partition coefficient (Wildman–Crippen LogP) is 5.32. The molecule has 0 fully saturated rings. The van der Waals surface area contributed by atoms with Crippen molar-refractivity contribution < 1.29 is 4.74 Å². The summed E-state index contributed by atoms with van der Waals surface area (Å²) in [5.41, 5.74) is 1.22. The number of para-hydroxylation sites is 1. The fourth-order valence-corrected chi connectivity index (χ4v) is 3.78. The van der Waals surface area contributed by atoms with Crippen molar-refractivity contribution in [1.29, 1.82) is 0 Å². The lowest BCUT2D eigenvalue weighted by Gasteiger charge is -2.23. The summed E-state index contributed by atoms with van der Waals surface area (Å²) in [4.78, 5) is 1.34. The molecule has 2 unspecified atom stereocenters. The molecule has 20 heavy (non-hydrogen) atoms. The molecule has 4 heteroatoms. The Morgan fingerprint density at radius 2 is 2.10 bits per heavy atom. The molecule has 0 aliphatic carbocycles. The first-order valence-corrected chi connectivity index (χ1v) is 8.45. The zero-order valence-electron chi connectivity index (χ0n) is 12.0. The number of halogens is 1. The van der Waals surface area contributed by atoms with Crippen molar-refractivity contribution in [2.24, 2.45) is 0 Å². The maximum Gasteiger partial charge on any atom is 0.123 e.